The summed E-state index contributed by atoms with van der Waals surface area (Å²) < 4.78 is 10.8. The van der Waals surface area contributed by atoms with Crippen molar-refractivity contribution in [2.45, 2.75) is 44.8 Å². The first kappa shape index (κ1) is 15.8. The SMILES string of the molecule is CO[C@@H]1C[C@H](c2nc(C)no2)N(C(=O)[C@H]2C[C@@H]2c2sccc2C)C1. The number of rotatable bonds is 4. The van der Waals surface area contributed by atoms with Crippen LogP contribution in [0.1, 0.15) is 47.0 Å². The van der Waals surface area contributed by atoms with Crippen molar-refractivity contribution in [3.63, 3.8) is 0 Å². The molecule has 1 aliphatic carbocycles. The Kier molecular flexibility index (Phi) is 3.92. The van der Waals surface area contributed by atoms with E-state index in [4.69, 9.17) is 9.26 Å². The maximum Gasteiger partial charge on any atom is 0.249 e. The minimum atomic E-state index is -0.172. The first-order valence-electron chi connectivity index (χ1n) is 8.26. The molecule has 0 radical (unpaired) electrons. The molecule has 2 aromatic heterocycles. The van der Waals surface area contributed by atoms with Gasteiger partial charge in [-0.25, -0.2) is 0 Å². The Hall–Kier alpha value is -1.73. The summed E-state index contributed by atoms with van der Waals surface area (Å²) in [6.07, 6.45) is 1.66. The van der Waals surface area contributed by atoms with E-state index in [9.17, 15) is 4.79 Å². The zero-order chi connectivity index (χ0) is 16.8. The Labute approximate surface area is 144 Å². The average Bonchev–Trinajstić information content (AvgIpc) is 2.92. The van der Waals surface area contributed by atoms with Crippen molar-refractivity contribution in [1.29, 1.82) is 0 Å². The first-order valence-corrected chi connectivity index (χ1v) is 9.14. The molecule has 1 amide bonds. The van der Waals surface area contributed by atoms with E-state index in [0.717, 1.165) is 6.42 Å². The summed E-state index contributed by atoms with van der Waals surface area (Å²) in [5.74, 6) is 1.74. The summed E-state index contributed by atoms with van der Waals surface area (Å²) in [6.45, 7) is 4.50. The molecule has 0 bridgehead atoms. The second-order valence-electron chi connectivity index (χ2n) is 6.70. The van der Waals surface area contributed by atoms with Crippen LogP contribution in [-0.4, -0.2) is 40.7 Å². The van der Waals surface area contributed by atoms with Gasteiger partial charge in [-0.2, -0.15) is 4.98 Å². The number of aryl methyl sites for hydroxylation is 2. The van der Waals surface area contributed by atoms with E-state index in [0.29, 0.717) is 30.6 Å². The van der Waals surface area contributed by atoms with Gasteiger partial charge in [-0.3, -0.25) is 4.79 Å². The highest BCUT2D eigenvalue weighted by Gasteiger charge is 2.50. The topological polar surface area (TPSA) is 68.5 Å². The van der Waals surface area contributed by atoms with Crippen LogP contribution in [0.3, 0.4) is 0 Å². The lowest BCUT2D eigenvalue weighted by Crippen LogP contribution is -2.33. The van der Waals surface area contributed by atoms with E-state index < -0.39 is 0 Å². The Balaban J connectivity index is 1.53. The number of carbonyl (C=O) groups is 1. The first-order chi connectivity index (χ1) is 11.6. The number of methoxy groups -OCH3 is 1. The third kappa shape index (κ3) is 2.65. The molecule has 0 aromatic carbocycles. The largest absolute Gasteiger partial charge is 0.380 e. The lowest BCUT2D eigenvalue weighted by atomic mass is 10.1. The van der Waals surface area contributed by atoms with Gasteiger partial charge < -0.3 is 14.2 Å². The molecule has 1 aliphatic heterocycles. The lowest BCUT2D eigenvalue weighted by molar-refractivity contribution is -0.134. The van der Waals surface area contributed by atoms with Crippen molar-refractivity contribution in [3.8, 4) is 0 Å². The highest BCUT2D eigenvalue weighted by molar-refractivity contribution is 7.10. The number of hydrogen-bond donors (Lipinski definition) is 0. The van der Waals surface area contributed by atoms with Gasteiger partial charge in [-0.1, -0.05) is 5.16 Å². The smallest absolute Gasteiger partial charge is 0.249 e. The zero-order valence-electron chi connectivity index (χ0n) is 14.1. The van der Waals surface area contributed by atoms with Crippen molar-refractivity contribution in [2.24, 2.45) is 5.92 Å². The summed E-state index contributed by atoms with van der Waals surface area (Å²) in [4.78, 5) is 20.6. The predicted molar refractivity (Wildman–Crippen MR) is 88.8 cm³/mol. The lowest BCUT2D eigenvalue weighted by Gasteiger charge is -2.21. The molecule has 24 heavy (non-hydrogen) atoms. The summed E-state index contributed by atoms with van der Waals surface area (Å²) >= 11 is 1.75. The predicted octanol–water partition coefficient (Wildman–Crippen LogP) is 2.84. The van der Waals surface area contributed by atoms with Crippen LogP contribution in [0.25, 0.3) is 0 Å². The third-order valence-electron chi connectivity index (χ3n) is 5.05. The molecule has 3 heterocycles. The van der Waals surface area contributed by atoms with Gasteiger partial charge >= 0.3 is 0 Å². The molecule has 0 N–H and O–H groups in total. The van der Waals surface area contributed by atoms with Crippen LogP contribution in [0, 0.1) is 19.8 Å². The Morgan fingerprint density at radius 3 is 2.88 bits per heavy atom. The number of aromatic nitrogens is 2. The van der Waals surface area contributed by atoms with Crippen LogP contribution in [0.15, 0.2) is 16.0 Å². The van der Waals surface area contributed by atoms with Gasteiger partial charge in [-0.15, -0.1) is 11.3 Å². The van der Waals surface area contributed by atoms with Crippen LogP contribution in [0.5, 0.6) is 0 Å². The number of hydrogen-bond acceptors (Lipinski definition) is 6. The number of ether oxygens (including phenoxy) is 1. The van der Waals surface area contributed by atoms with E-state index in [1.165, 1.54) is 10.4 Å². The van der Waals surface area contributed by atoms with E-state index in [-0.39, 0.29) is 24.0 Å². The molecule has 1 saturated carbocycles. The molecule has 0 spiro atoms. The summed E-state index contributed by atoms with van der Waals surface area (Å²) in [7, 11) is 1.68. The number of amides is 1. The summed E-state index contributed by atoms with van der Waals surface area (Å²) in [5.41, 5.74) is 1.29. The second-order valence-corrected chi connectivity index (χ2v) is 7.64. The molecular formula is C17H21N3O3S. The molecule has 1 saturated heterocycles. The van der Waals surface area contributed by atoms with Gasteiger partial charge in [0.25, 0.3) is 0 Å². The molecule has 6 nitrogen and oxygen atoms in total. The van der Waals surface area contributed by atoms with Gasteiger partial charge in [0.1, 0.15) is 6.04 Å². The summed E-state index contributed by atoms with van der Waals surface area (Å²) in [6, 6.07) is 1.95. The Morgan fingerprint density at radius 2 is 2.25 bits per heavy atom. The quantitative estimate of drug-likeness (QED) is 0.851. The molecule has 7 heteroatoms. The number of likely N-dealkylation sites (tertiary alicyclic amines) is 1. The zero-order valence-corrected chi connectivity index (χ0v) is 14.9. The van der Waals surface area contributed by atoms with Gasteiger partial charge in [0.2, 0.25) is 11.8 Å². The Bertz CT molecular complexity index is 756. The molecule has 2 aromatic rings. The van der Waals surface area contributed by atoms with Crippen molar-refractivity contribution < 1.29 is 14.1 Å². The van der Waals surface area contributed by atoms with E-state index in [1.54, 1.807) is 25.4 Å². The fourth-order valence-corrected chi connectivity index (χ4v) is 4.74. The molecule has 0 unspecified atom stereocenters. The summed E-state index contributed by atoms with van der Waals surface area (Å²) in [5, 5.41) is 5.97. The highest BCUT2D eigenvalue weighted by atomic mass is 32.1. The van der Waals surface area contributed by atoms with Crippen molar-refractivity contribution >= 4 is 17.2 Å². The molecule has 4 atom stereocenters. The van der Waals surface area contributed by atoms with Crippen LogP contribution in [0.2, 0.25) is 0 Å². The average molecular weight is 347 g/mol. The van der Waals surface area contributed by atoms with Crippen molar-refractivity contribution in [2.75, 3.05) is 13.7 Å². The molecular weight excluding hydrogens is 326 g/mol. The highest BCUT2D eigenvalue weighted by Crippen LogP contribution is 2.52. The van der Waals surface area contributed by atoms with Crippen LogP contribution in [-0.2, 0) is 9.53 Å². The molecule has 2 aliphatic rings. The normalized spacial score (nSPS) is 29.2. The standard InChI is InChI=1S/C17H21N3O3S/c1-9-4-5-24-15(9)12-7-13(12)17(21)20-8-11(22-3)6-14(20)16-18-10(2)19-23-16/h4-5,11-14H,6-8H2,1-3H3/t11-,12+,13+,14-/m1/s1. The number of nitrogens with zero attached hydrogens (tertiary/aromatic N) is 3. The number of carbonyl (C=O) groups excluding carboxylic acids is 1. The fraction of sp³-hybridized carbons (Fsp3) is 0.588. The molecule has 4 rings (SSSR count). The minimum absolute atomic E-state index is 0.0202. The monoisotopic (exact) mass is 347 g/mol. The fourth-order valence-electron chi connectivity index (χ4n) is 3.63. The van der Waals surface area contributed by atoms with Crippen LogP contribution >= 0.6 is 11.3 Å². The van der Waals surface area contributed by atoms with Gasteiger partial charge in [-0.05, 0) is 37.3 Å². The molecule has 2 fully saturated rings. The van der Waals surface area contributed by atoms with Crippen molar-refractivity contribution in [1.82, 2.24) is 15.0 Å². The van der Waals surface area contributed by atoms with Gasteiger partial charge in [0.05, 0.1) is 6.10 Å². The minimum Gasteiger partial charge on any atom is -0.380 e. The maximum atomic E-state index is 13.1. The van der Waals surface area contributed by atoms with Crippen LogP contribution < -0.4 is 0 Å². The van der Waals surface area contributed by atoms with Gasteiger partial charge in [0.15, 0.2) is 5.82 Å². The Morgan fingerprint density at radius 1 is 1.42 bits per heavy atom. The van der Waals surface area contributed by atoms with E-state index >= 15 is 0 Å². The van der Waals surface area contributed by atoms with Crippen LogP contribution in [0.4, 0.5) is 0 Å². The van der Waals surface area contributed by atoms with Crippen molar-refractivity contribution in [3.05, 3.63) is 33.6 Å². The molecule has 128 valence electrons. The third-order valence-corrected chi connectivity index (χ3v) is 6.20. The van der Waals surface area contributed by atoms with Gasteiger partial charge in [0, 0.05) is 36.8 Å². The second kappa shape index (κ2) is 5.97. The maximum absolute atomic E-state index is 13.1. The van der Waals surface area contributed by atoms with E-state index in [2.05, 4.69) is 28.5 Å². The van der Waals surface area contributed by atoms with E-state index in [1.807, 2.05) is 4.90 Å². The number of thiophene rings is 1.